The molecule has 0 bridgehead atoms. The summed E-state index contributed by atoms with van der Waals surface area (Å²) in [6.45, 7) is 0. The van der Waals surface area contributed by atoms with Crippen molar-refractivity contribution in [1.82, 2.24) is 0 Å². The van der Waals surface area contributed by atoms with E-state index in [4.69, 9.17) is 0 Å². The zero-order valence-corrected chi connectivity index (χ0v) is 10.7. The maximum Gasteiger partial charge on any atom is 0.152 e. The van der Waals surface area contributed by atoms with Crippen LogP contribution >= 0.6 is 15.9 Å². The average Bonchev–Trinajstić information content (AvgIpc) is 2.25. The summed E-state index contributed by atoms with van der Waals surface area (Å²) in [7, 11) is 0. The lowest BCUT2D eigenvalue weighted by molar-refractivity contribution is 0.547. The molecule has 1 N–H and O–H groups in total. The average molecular weight is 338 g/mol. The highest BCUT2D eigenvalue weighted by Crippen LogP contribution is 2.29. The van der Waals surface area contributed by atoms with Crippen LogP contribution in [0.2, 0.25) is 0 Å². The fraction of sp³-hybridized carbons (Fsp3) is 0. The lowest BCUT2D eigenvalue weighted by atomic mass is 10.2. The molecule has 0 aromatic heterocycles. The van der Waals surface area contributed by atoms with Crippen LogP contribution in [-0.4, -0.2) is 0 Å². The second-order valence-corrected chi connectivity index (χ2v) is 4.53. The van der Waals surface area contributed by atoms with Crippen LogP contribution in [0.4, 0.5) is 33.3 Å². The minimum atomic E-state index is -1.29. The van der Waals surface area contributed by atoms with Crippen LogP contribution in [0.3, 0.4) is 0 Å². The van der Waals surface area contributed by atoms with E-state index in [9.17, 15) is 22.0 Å². The molecule has 100 valence electrons. The molecule has 0 heterocycles. The maximum absolute atomic E-state index is 13.5. The summed E-state index contributed by atoms with van der Waals surface area (Å²) in [5.74, 6) is -5.80. The Morgan fingerprint density at radius 2 is 1.05 bits per heavy atom. The fourth-order valence-electron chi connectivity index (χ4n) is 1.45. The first kappa shape index (κ1) is 13.8. The van der Waals surface area contributed by atoms with Gasteiger partial charge in [0.25, 0.3) is 0 Å². The molecule has 2 aromatic rings. The third kappa shape index (κ3) is 2.86. The first-order chi connectivity index (χ1) is 8.88. The minimum Gasteiger partial charge on any atom is -0.346 e. The van der Waals surface area contributed by atoms with E-state index in [-0.39, 0.29) is 4.47 Å². The van der Waals surface area contributed by atoms with Crippen LogP contribution in [0.15, 0.2) is 28.7 Å². The molecule has 0 unspecified atom stereocenters. The maximum atomic E-state index is 13.5. The number of halogens is 6. The van der Waals surface area contributed by atoms with Gasteiger partial charge in [0.05, 0.1) is 0 Å². The number of nitrogens with one attached hydrogen (secondary N) is 1. The molecule has 0 saturated carbocycles. The Balaban J connectivity index is 2.48. The van der Waals surface area contributed by atoms with Crippen molar-refractivity contribution < 1.29 is 22.0 Å². The van der Waals surface area contributed by atoms with Crippen LogP contribution in [0.25, 0.3) is 0 Å². The van der Waals surface area contributed by atoms with Gasteiger partial charge >= 0.3 is 0 Å². The summed E-state index contributed by atoms with van der Waals surface area (Å²) in [5.41, 5.74) is -1.56. The van der Waals surface area contributed by atoms with Gasteiger partial charge in [-0.2, -0.15) is 0 Å². The molecular weight excluding hydrogens is 333 g/mol. The van der Waals surface area contributed by atoms with Crippen molar-refractivity contribution in [2.45, 2.75) is 0 Å². The summed E-state index contributed by atoms with van der Waals surface area (Å²) in [5, 5.41) is 1.94. The number of rotatable bonds is 2. The zero-order chi connectivity index (χ0) is 14.2. The second kappa shape index (κ2) is 5.16. The Labute approximate surface area is 113 Å². The Bertz CT molecular complexity index is 543. The second-order valence-electron chi connectivity index (χ2n) is 3.61. The van der Waals surface area contributed by atoms with Crippen LogP contribution in [-0.2, 0) is 0 Å². The van der Waals surface area contributed by atoms with Crippen LogP contribution in [0, 0.1) is 29.1 Å². The molecule has 2 aromatic carbocycles. The van der Waals surface area contributed by atoms with E-state index in [1.807, 2.05) is 5.32 Å². The van der Waals surface area contributed by atoms with Crippen LogP contribution in [0.1, 0.15) is 0 Å². The summed E-state index contributed by atoms with van der Waals surface area (Å²) in [6.07, 6.45) is 0. The molecule has 7 heteroatoms. The van der Waals surface area contributed by atoms with Crippen molar-refractivity contribution in [2.24, 2.45) is 0 Å². The van der Waals surface area contributed by atoms with Crippen molar-refractivity contribution in [2.75, 3.05) is 5.32 Å². The quantitative estimate of drug-likeness (QED) is 0.769. The van der Waals surface area contributed by atoms with Gasteiger partial charge in [0.15, 0.2) is 23.3 Å². The molecule has 0 radical (unpaired) electrons. The van der Waals surface area contributed by atoms with E-state index in [2.05, 4.69) is 15.9 Å². The molecule has 0 amide bonds. The van der Waals surface area contributed by atoms with Gasteiger partial charge in [0.2, 0.25) is 0 Å². The highest BCUT2D eigenvalue weighted by Gasteiger charge is 2.16. The number of benzene rings is 2. The van der Waals surface area contributed by atoms with Gasteiger partial charge in [-0.05, 0) is 12.1 Å². The van der Waals surface area contributed by atoms with Gasteiger partial charge in [0.1, 0.15) is 17.2 Å². The molecule has 0 spiro atoms. The van der Waals surface area contributed by atoms with Gasteiger partial charge in [-0.15, -0.1) is 0 Å². The van der Waals surface area contributed by atoms with E-state index in [0.717, 1.165) is 12.1 Å². The van der Waals surface area contributed by atoms with E-state index in [1.54, 1.807) is 0 Å². The van der Waals surface area contributed by atoms with Crippen LogP contribution < -0.4 is 5.32 Å². The predicted molar refractivity (Wildman–Crippen MR) is 63.7 cm³/mol. The third-order valence-electron chi connectivity index (χ3n) is 2.26. The monoisotopic (exact) mass is 337 g/mol. The van der Waals surface area contributed by atoms with E-state index >= 15 is 0 Å². The first-order valence-electron chi connectivity index (χ1n) is 4.94. The van der Waals surface area contributed by atoms with Gasteiger partial charge in [-0.25, -0.2) is 22.0 Å². The smallest absolute Gasteiger partial charge is 0.152 e. The first-order valence-corrected chi connectivity index (χ1v) is 5.74. The highest BCUT2D eigenvalue weighted by atomic mass is 79.9. The van der Waals surface area contributed by atoms with E-state index in [0.29, 0.717) is 12.1 Å². The van der Waals surface area contributed by atoms with Crippen molar-refractivity contribution in [3.63, 3.8) is 0 Å². The summed E-state index contributed by atoms with van der Waals surface area (Å²) < 4.78 is 66.5. The Hall–Kier alpha value is -1.63. The Morgan fingerprint density at radius 3 is 1.47 bits per heavy atom. The van der Waals surface area contributed by atoms with Crippen molar-refractivity contribution >= 4 is 27.3 Å². The molecule has 0 atom stereocenters. The standard InChI is InChI=1S/C12H5BrF5N/c13-5-1-7(15)11(8(16)2-5)19-12-9(17)3-6(14)4-10(12)18/h1-4,19H. The van der Waals surface area contributed by atoms with Crippen molar-refractivity contribution in [1.29, 1.82) is 0 Å². The SMILES string of the molecule is Fc1cc(F)c(Nc2c(F)cc(Br)cc2F)c(F)c1. The summed E-state index contributed by atoms with van der Waals surface area (Å²) >= 11 is 2.87. The van der Waals surface area contributed by atoms with E-state index in [1.165, 1.54) is 0 Å². The van der Waals surface area contributed by atoms with Crippen LogP contribution in [0.5, 0.6) is 0 Å². The fourth-order valence-corrected chi connectivity index (χ4v) is 1.85. The van der Waals surface area contributed by atoms with Crippen molar-refractivity contribution in [3.8, 4) is 0 Å². The van der Waals surface area contributed by atoms with Gasteiger partial charge in [0, 0.05) is 16.6 Å². The molecule has 0 aliphatic heterocycles. The molecule has 0 aliphatic rings. The number of hydrogen-bond donors (Lipinski definition) is 1. The summed E-state index contributed by atoms with van der Waals surface area (Å²) in [4.78, 5) is 0. The molecule has 19 heavy (non-hydrogen) atoms. The Kier molecular flexibility index (Phi) is 3.75. The van der Waals surface area contributed by atoms with Gasteiger partial charge in [-0.3, -0.25) is 0 Å². The molecular formula is C12H5BrF5N. The molecule has 0 aliphatic carbocycles. The zero-order valence-electron chi connectivity index (χ0n) is 9.08. The predicted octanol–water partition coefficient (Wildman–Crippen LogP) is 4.89. The van der Waals surface area contributed by atoms with E-state index < -0.39 is 40.5 Å². The molecule has 1 nitrogen and oxygen atoms in total. The molecule has 0 fully saturated rings. The van der Waals surface area contributed by atoms with Crippen molar-refractivity contribution in [3.05, 3.63) is 57.8 Å². The number of hydrogen-bond acceptors (Lipinski definition) is 1. The minimum absolute atomic E-state index is 0.133. The van der Waals surface area contributed by atoms with Gasteiger partial charge < -0.3 is 5.32 Å². The Morgan fingerprint density at radius 1 is 0.684 bits per heavy atom. The molecule has 0 saturated heterocycles. The summed E-state index contributed by atoms with van der Waals surface area (Å²) in [6, 6.07) is 2.65. The lowest BCUT2D eigenvalue weighted by Crippen LogP contribution is -2.03. The molecule has 2 rings (SSSR count). The largest absolute Gasteiger partial charge is 0.346 e. The normalized spacial score (nSPS) is 10.6. The van der Waals surface area contributed by atoms with Gasteiger partial charge in [-0.1, -0.05) is 15.9 Å². The number of anilines is 2. The topological polar surface area (TPSA) is 12.0 Å². The third-order valence-corrected chi connectivity index (χ3v) is 2.72. The lowest BCUT2D eigenvalue weighted by Gasteiger charge is -2.11. The highest BCUT2D eigenvalue weighted by molar-refractivity contribution is 9.10.